The van der Waals surface area contributed by atoms with Gasteiger partial charge in [0.15, 0.2) is 6.61 Å². The summed E-state index contributed by atoms with van der Waals surface area (Å²) in [4.78, 5) is 17.8. The number of likely N-dealkylation sites (tertiary alicyclic amines) is 1. The Morgan fingerprint density at radius 2 is 2.19 bits per heavy atom. The molecule has 2 aromatic rings. The van der Waals surface area contributed by atoms with Gasteiger partial charge in [-0.05, 0) is 38.1 Å². The van der Waals surface area contributed by atoms with E-state index in [0.29, 0.717) is 11.7 Å². The Hall–Kier alpha value is -2.60. The second-order valence-electron chi connectivity index (χ2n) is 6.68. The summed E-state index contributed by atoms with van der Waals surface area (Å²) in [7, 11) is 1.92. The zero-order valence-electron chi connectivity index (χ0n) is 15.2. The predicted octanol–water partition coefficient (Wildman–Crippen LogP) is 2.88. The first-order valence-corrected chi connectivity index (χ1v) is 8.86. The van der Waals surface area contributed by atoms with Crippen LogP contribution in [0.25, 0.3) is 0 Å². The average Bonchev–Trinajstić information content (AvgIpc) is 3.09. The lowest BCUT2D eigenvalue weighted by molar-refractivity contribution is -0.139. The van der Waals surface area contributed by atoms with Crippen molar-refractivity contribution in [1.29, 1.82) is 0 Å². The molecule has 3 rings (SSSR count). The minimum absolute atomic E-state index is 0.320. The average molecular weight is 355 g/mol. The van der Waals surface area contributed by atoms with Crippen molar-refractivity contribution in [3.63, 3.8) is 0 Å². The molecule has 1 aromatic heterocycles. The van der Waals surface area contributed by atoms with Gasteiger partial charge in [0.05, 0.1) is 0 Å². The number of pyridine rings is 1. The SMILES string of the molecule is CNc1cc(C)nc([C@H]2CCN(Cc3ccccc3OCC(=O)O)C2)c1. The van der Waals surface area contributed by atoms with E-state index in [1.54, 1.807) is 0 Å². The Labute approximate surface area is 153 Å². The molecule has 1 saturated heterocycles. The number of carbonyl (C=O) groups is 1. The van der Waals surface area contributed by atoms with Crippen LogP contribution in [0.1, 0.15) is 29.3 Å². The zero-order valence-corrected chi connectivity index (χ0v) is 15.2. The number of carboxylic acid groups (broad SMARTS) is 1. The summed E-state index contributed by atoms with van der Waals surface area (Å²) in [5, 5.41) is 12.0. The first-order valence-electron chi connectivity index (χ1n) is 8.86. The van der Waals surface area contributed by atoms with Crippen LogP contribution in [0.5, 0.6) is 5.75 Å². The number of nitrogens with zero attached hydrogens (tertiary/aromatic N) is 2. The maximum atomic E-state index is 10.8. The molecule has 0 bridgehead atoms. The molecule has 1 aromatic carbocycles. The Kier molecular flexibility index (Phi) is 5.73. The first-order chi connectivity index (χ1) is 12.5. The van der Waals surface area contributed by atoms with Crippen LogP contribution in [0.3, 0.4) is 0 Å². The van der Waals surface area contributed by atoms with E-state index in [4.69, 9.17) is 14.8 Å². The number of para-hydroxylation sites is 1. The fraction of sp³-hybridized carbons (Fsp3) is 0.400. The van der Waals surface area contributed by atoms with Gasteiger partial charge in [0.2, 0.25) is 0 Å². The van der Waals surface area contributed by atoms with E-state index in [9.17, 15) is 4.79 Å². The highest BCUT2D eigenvalue weighted by atomic mass is 16.5. The molecule has 1 atom stereocenters. The maximum absolute atomic E-state index is 10.8. The lowest BCUT2D eigenvalue weighted by atomic mass is 10.0. The van der Waals surface area contributed by atoms with Crippen LogP contribution in [0.4, 0.5) is 5.69 Å². The fourth-order valence-corrected chi connectivity index (χ4v) is 3.42. The molecule has 26 heavy (non-hydrogen) atoms. The van der Waals surface area contributed by atoms with E-state index in [1.807, 2.05) is 44.3 Å². The lowest BCUT2D eigenvalue weighted by Crippen LogP contribution is -2.21. The van der Waals surface area contributed by atoms with Gasteiger partial charge < -0.3 is 15.2 Å². The third kappa shape index (κ3) is 4.52. The molecular weight excluding hydrogens is 330 g/mol. The summed E-state index contributed by atoms with van der Waals surface area (Å²) in [6.45, 7) is 4.37. The molecular formula is C20H25N3O3. The number of rotatable bonds is 7. The largest absolute Gasteiger partial charge is 0.482 e. The van der Waals surface area contributed by atoms with E-state index in [-0.39, 0.29) is 6.61 Å². The van der Waals surface area contributed by atoms with Crippen molar-refractivity contribution in [3.05, 3.63) is 53.3 Å². The van der Waals surface area contributed by atoms with Crippen LogP contribution in [0, 0.1) is 6.92 Å². The third-order valence-corrected chi connectivity index (χ3v) is 4.67. The second kappa shape index (κ2) is 8.19. The highest BCUT2D eigenvalue weighted by molar-refractivity contribution is 5.68. The molecule has 138 valence electrons. The first kappa shape index (κ1) is 18.2. The minimum atomic E-state index is -0.966. The molecule has 6 heteroatoms. The van der Waals surface area contributed by atoms with Gasteiger partial charge in [0, 0.05) is 48.7 Å². The summed E-state index contributed by atoms with van der Waals surface area (Å²) in [5.74, 6) is 0.0884. The van der Waals surface area contributed by atoms with Gasteiger partial charge in [-0.25, -0.2) is 4.79 Å². The molecule has 0 unspecified atom stereocenters. The normalized spacial score (nSPS) is 17.2. The third-order valence-electron chi connectivity index (χ3n) is 4.67. The second-order valence-corrected chi connectivity index (χ2v) is 6.68. The molecule has 2 N–H and O–H groups in total. The van der Waals surface area contributed by atoms with E-state index >= 15 is 0 Å². The molecule has 1 fully saturated rings. The minimum Gasteiger partial charge on any atom is -0.482 e. The van der Waals surface area contributed by atoms with Crippen molar-refractivity contribution in [2.75, 3.05) is 32.1 Å². The molecule has 2 heterocycles. The Bertz CT molecular complexity index is 779. The van der Waals surface area contributed by atoms with Crippen molar-refractivity contribution in [3.8, 4) is 5.75 Å². The molecule has 1 aliphatic rings. The summed E-state index contributed by atoms with van der Waals surface area (Å²) in [6.07, 6.45) is 1.07. The van der Waals surface area contributed by atoms with E-state index in [2.05, 4.69) is 16.3 Å². The number of aromatic nitrogens is 1. The predicted molar refractivity (Wildman–Crippen MR) is 101 cm³/mol. The summed E-state index contributed by atoms with van der Waals surface area (Å²) in [6, 6.07) is 11.8. The Morgan fingerprint density at radius 1 is 1.38 bits per heavy atom. The monoisotopic (exact) mass is 355 g/mol. The number of anilines is 1. The van der Waals surface area contributed by atoms with Crippen molar-refractivity contribution in [1.82, 2.24) is 9.88 Å². The highest BCUT2D eigenvalue weighted by Gasteiger charge is 2.26. The van der Waals surface area contributed by atoms with Gasteiger partial charge in [-0.15, -0.1) is 0 Å². The quantitative estimate of drug-likeness (QED) is 0.795. The Balaban J connectivity index is 1.67. The number of carboxylic acids is 1. The van der Waals surface area contributed by atoms with E-state index < -0.39 is 5.97 Å². The number of nitrogens with one attached hydrogen (secondary N) is 1. The summed E-state index contributed by atoms with van der Waals surface area (Å²) >= 11 is 0. The lowest BCUT2D eigenvalue weighted by Gasteiger charge is -2.18. The number of benzene rings is 1. The molecule has 1 aliphatic heterocycles. The van der Waals surface area contributed by atoms with Crippen LogP contribution in [0.2, 0.25) is 0 Å². The number of ether oxygens (including phenoxy) is 1. The molecule has 0 radical (unpaired) electrons. The van der Waals surface area contributed by atoms with Gasteiger partial charge >= 0.3 is 5.97 Å². The molecule has 0 aliphatic carbocycles. The van der Waals surface area contributed by atoms with Gasteiger partial charge in [-0.1, -0.05) is 18.2 Å². The summed E-state index contributed by atoms with van der Waals surface area (Å²) < 4.78 is 5.42. The summed E-state index contributed by atoms with van der Waals surface area (Å²) in [5.41, 5.74) is 4.27. The van der Waals surface area contributed by atoms with Crippen molar-refractivity contribution in [2.45, 2.75) is 25.8 Å². The standard InChI is InChI=1S/C20H25N3O3/c1-14-9-17(21-2)10-18(22-14)15-7-8-23(11-15)12-16-5-3-4-6-19(16)26-13-20(24)25/h3-6,9-10,15H,7-8,11-13H2,1-2H3,(H,21,22)(H,24,25)/t15-/m0/s1. The number of hydrogen-bond acceptors (Lipinski definition) is 5. The van der Waals surface area contributed by atoms with Gasteiger partial charge in [0.1, 0.15) is 5.75 Å². The smallest absolute Gasteiger partial charge is 0.341 e. The van der Waals surface area contributed by atoms with Crippen LogP contribution < -0.4 is 10.1 Å². The Morgan fingerprint density at radius 3 is 2.96 bits per heavy atom. The van der Waals surface area contributed by atoms with Crippen molar-refractivity contribution >= 4 is 11.7 Å². The number of hydrogen-bond donors (Lipinski definition) is 2. The topological polar surface area (TPSA) is 74.7 Å². The number of aliphatic carboxylic acids is 1. The van der Waals surface area contributed by atoms with Gasteiger partial charge in [-0.2, -0.15) is 0 Å². The maximum Gasteiger partial charge on any atom is 0.341 e. The molecule has 0 amide bonds. The fourth-order valence-electron chi connectivity index (χ4n) is 3.42. The van der Waals surface area contributed by atoms with Gasteiger partial charge in [-0.3, -0.25) is 9.88 Å². The number of aryl methyl sites for hydroxylation is 1. The van der Waals surface area contributed by atoms with E-state index in [0.717, 1.165) is 48.7 Å². The van der Waals surface area contributed by atoms with Crippen molar-refractivity contribution < 1.29 is 14.6 Å². The van der Waals surface area contributed by atoms with Gasteiger partial charge in [0.25, 0.3) is 0 Å². The van der Waals surface area contributed by atoms with E-state index in [1.165, 1.54) is 0 Å². The van der Waals surface area contributed by atoms with Crippen LogP contribution in [-0.4, -0.2) is 47.7 Å². The molecule has 0 saturated carbocycles. The molecule has 6 nitrogen and oxygen atoms in total. The van der Waals surface area contributed by atoms with Crippen molar-refractivity contribution in [2.24, 2.45) is 0 Å². The molecule has 0 spiro atoms. The van der Waals surface area contributed by atoms with Crippen LogP contribution in [-0.2, 0) is 11.3 Å². The zero-order chi connectivity index (χ0) is 18.5. The van der Waals surface area contributed by atoms with Crippen LogP contribution >= 0.6 is 0 Å². The highest BCUT2D eigenvalue weighted by Crippen LogP contribution is 2.30. The van der Waals surface area contributed by atoms with Crippen LogP contribution in [0.15, 0.2) is 36.4 Å².